The van der Waals surface area contributed by atoms with Gasteiger partial charge in [0, 0.05) is 23.4 Å². The van der Waals surface area contributed by atoms with Crippen molar-refractivity contribution in [2.75, 3.05) is 6.54 Å². The minimum absolute atomic E-state index is 0. The van der Waals surface area contributed by atoms with Gasteiger partial charge in [-0.05, 0) is 61.6 Å². The number of hydrogen-bond donors (Lipinski definition) is 4. The molecule has 12 nitrogen and oxygen atoms in total. The van der Waals surface area contributed by atoms with E-state index in [0.717, 1.165) is 37.7 Å². The number of halogens is 2. The van der Waals surface area contributed by atoms with Gasteiger partial charge in [-0.1, -0.05) is 49.1 Å². The zero-order chi connectivity index (χ0) is 32.3. The molecule has 2 aliphatic heterocycles. The second kappa shape index (κ2) is 13.0. The van der Waals surface area contributed by atoms with Crippen molar-refractivity contribution in [3.8, 4) is 0 Å². The van der Waals surface area contributed by atoms with E-state index in [2.05, 4.69) is 16.6 Å². The molecule has 4 fully saturated rings. The van der Waals surface area contributed by atoms with Crippen LogP contribution in [0.3, 0.4) is 0 Å². The van der Waals surface area contributed by atoms with E-state index in [1.165, 1.54) is 15.9 Å². The second-order valence-electron chi connectivity index (χ2n) is 13.3. The normalized spacial score (nSPS) is 29.7. The monoisotopic (exact) mass is 697 g/mol. The molecule has 15 heteroatoms. The summed E-state index contributed by atoms with van der Waals surface area (Å²) in [5.74, 6) is -2.82. The average Bonchev–Trinajstić information content (AvgIpc) is 3.91. The number of nitrogens with two attached hydrogens (primary N) is 1. The first kappa shape index (κ1) is 34.5. The lowest BCUT2D eigenvalue weighted by atomic mass is 9.83. The molecule has 0 aromatic heterocycles. The molecule has 46 heavy (non-hydrogen) atoms. The number of sulfonamides is 1. The molecule has 1 aromatic rings. The Morgan fingerprint density at radius 3 is 2.41 bits per heavy atom. The number of nitrogens with one attached hydrogen (secondary N) is 2. The van der Waals surface area contributed by atoms with E-state index in [1.54, 1.807) is 12.1 Å². The molecule has 5 N–H and O–H groups in total. The van der Waals surface area contributed by atoms with E-state index in [0.29, 0.717) is 23.4 Å². The number of nitrogens with zero attached hydrogens (tertiary/aromatic N) is 2. The van der Waals surface area contributed by atoms with Crippen LogP contribution in [0.2, 0.25) is 5.02 Å². The number of carbonyl (C=O) groups is 4. The fraction of sp³-hybridized carbons (Fsp3) is 0.613. The molecule has 6 atom stereocenters. The summed E-state index contributed by atoms with van der Waals surface area (Å²) in [6.07, 6.45) is 6.22. The first-order chi connectivity index (χ1) is 21.4. The van der Waals surface area contributed by atoms with Gasteiger partial charge in [-0.2, -0.15) is 0 Å². The standard InChI is InChI=1S/C31H40ClN5O7S.ClH/c1-2-19-14-31(19,29(40)35-45(43,44)20-11-12-20)34-27(38)24-13-18(15-36(24)28(39)25(33)17-7-4-3-5-8-17)26-21-9-6-10-23(32)22(21)16-37(26)30(41)42;/h2,6,9-10,17-20,24-26H,1,3-5,7-8,11-16,33H2,(H,34,38)(H,35,40)(H,41,42);1H/t18-,19-,24+,25?,26?,31-;/m1./s1. The summed E-state index contributed by atoms with van der Waals surface area (Å²) in [6.45, 7) is 3.91. The SMILES string of the molecule is C=C[C@@H]1C[C@]1(NC(=O)[C@@H]1C[C@@H](C2c3cccc(Cl)c3CN2C(=O)O)CN1C(=O)C(N)C1CCCCC1)C(=O)NS(=O)(=O)C1CC1.Cl. The Morgan fingerprint density at radius 1 is 1.11 bits per heavy atom. The molecule has 3 saturated carbocycles. The van der Waals surface area contributed by atoms with Crippen molar-refractivity contribution in [3.05, 3.63) is 47.0 Å². The van der Waals surface area contributed by atoms with Crippen molar-refractivity contribution in [2.45, 2.75) is 93.2 Å². The largest absolute Gasteiger partial charge is 0.465 e. The Balaban J connectivity index is 0.00000417. The highest BCUT2D eigenvalue weighted by Gasteiger charge is 2.62. The fourth-order valence-electron chi connectivity index (χ4n) is 7.65. The number of fused-ring (bicyclic) bond motifs is 1. The van der Waals surface area contributed by atoms with Gasteiger partial charge in [0.25, 0.3) is 5.91 Å². The molecule has 0 bridgehead atoms. The van der Waals surface area contributed by atoms with Gasteiger partial charge >= 0.3 is 6.09 Å². The summed E-state index contributed by atoms with van der Waals surface area (Å²) in [5.41, 5.74) is 6.46. The molecule has 1 saturated heterocycles. The number of likely N-dealkylation sites (tertiary alicyclic amines) is 1. The van der Waals surface area contributed by atoms with Crippen LogP contribution in [0, 0.1) is 17.8 Å². The zero-order valence-corrected chi connectivity index (χ0v) is 27.8. The number of rotatable bonds is 9. The summed E-state index contributed by atoms with van der Waals surface area (Å²) < 4.78 is 27.3. The van der Waals surface area contributed by atoms with Gasteiger partial charge in [0.15, 0.2) is 0 Å². The van der Waals surface area contributed by atoms with Crippen LogP contribution in [0.5, 0.6) is 0 Å². The van der Waals surface area contributed by atoms with Crippen molar-refractivity contribution in [1.29, 1.82) is 0 Å². The Hall–Kier alpha value is -2.87. The second-order valence-corrected chi connectivity index (χ2v) is 15.6. The van der Waals surface area contributed by atoms with Crippen LogP contribution < -0.4 is 15.8 Å². The highest BCUT2D eigenvalue weighted by Crippen LogP contribution is 2.48. The van der Waals surface area contributed by atoms with Gasteiger partial charge in [0.1, 0.15) is 11.6 Å². The van der Waals surface area contributed by atoms with Crippen molar-refractivity contribution >= 4 is 57.8 Å². The molecule has 6 rings (SSSR count). The topological polar surface area (TPSA) is 179 Å². The number of carboxylic acid groups (broad SMARTS) is 1. The lowest BCUT2D eigenvalue weighted by Gasteiger charge is -2.33. The van der Waals surface area contributed by atoms with E-state index in [4.69, 9.17) is 17.3 Å². The van der Waals surface area contributed by atoms with Crippen LogP contribution in [0.4, 0.5) is 4.79 Å². The Kier molecular flexibility index (Phi) is 9.72. The first-order valence-corrected chi connectivity index (χ1v) is 17.6. The van der Waals surface area contributed by atoms with Gasteiger partial charge in [0.2, 0.25) is 21.8 Å². The van der Waals surface area contributed by atoms with Crippen LogP contribution in [-0.2, 0) is 31.0 Å². The van der Waals surface area contributed by atoms with Gasteiger partial charge in [-0.3, -0.25) is 24.0 Å². The highest BCUT2D eigenvalue weighted by atomic mass is 35.5. The zero-order valence-electron chi connectivity index (χ0n) is 25.4. The quantitative estimate of drug-likeness (QED) is 0.284. The summed E-state index contributed by atoms with van der Waals surface area (Å²) in [7, 11) is -3.87. The predicted molar refractivity (Wildman–Crippen MR) is 172 cm³/mol. The Bertz CT molecular complexity index is 1530. The summed E-state index contributed by atoms with van der Waals surface area (Å²) in [6, 6.07) is 2.74. The third kappa shape index (κ3) is 6.23. The van der Waals surface area contributed by atoms with Crippen LogP contribution >= 0.6 is 24.0 Å². The minimum atomic E-state index is -3.87. The van der Waals surface area contributed by atoms with Crippen molar-refractivity contribution in [1.82, 2.24) is 19.8 Å². The number of benzene rings is 1. The predicted octanol–water partition coefficient (Wildman–Crippen LogP) is 3.09. The highest BCUT2D eigenvalue weighted by molar-refractivity contribution is 7.91. The van der Waals surface area contributed by atoms with E-state index in [1.807, 2.05) is 6.07 Å². The Labute approximate surface area is 279 Å². The van der Waals surface area contributed by atoms with E-state index < -0.39 is 68.7 Å². The number of hydrogen-bond acceptors (Lipinski definition) is 7. The van der Waals surface area contributed by atoms with Crippen molar-refractivity contribution in [3.63, 3.8) is 0 Å². The Morgan fingerprint density at radius 2 is 1.80 bits per heavy atom. The molecule has 4 amide bonds. The molecule has 5 aliphatic rings. The summed E-state index contributed by atoms with van der Waals surface area (Å²) in [5, 5.41) is 12.7. The van der Waals surface area contributed by atoms with Gasteiger partial charge in [-0.25, -0.2) is 13.2 Å². The molecule has 0 spiro atoms. The molecule has 2 unspecified atom stereocenters. The molecular formula is C31H41Cl2N5O7S. The first-order valence-electron chi connectivity index (χ1n) is 15.7. The summed E-state index contributed by atoms with van der Waals surface area (Å²) in [4.78, 5) is 56.6. The van der Waals surface area contributed by atoms with Gasteiger partial charge < -0.3 is 21.1 Å². The maximum Gasteiger partial charge on any atom is 0.408 e. The average molecular weight is 699 g/mol. The van der Waals surface area contributed by atoms with Crippen LogP contribution in [-0.4, -0.2) is 76.6 Å². The lowest BCUT2D eigenvalue weighted by Crippen LogP contribution is -2.58. The van der Waals surface area contributed by atoms with Gasteiger partial charge in [-0.15, -0.1) is 19.0 Å². The third-order valence-electron chi connectivity index (χ3n) is 10.4. The van der Waals surface area contributed by atoms with Crippen molar-refractivity contribution < 1.29 is 32.7 Å². The van der Waals surface area contributed by atoms with Crippen LogP contribution in [0.15, 0.2) is 30.9 Å². The van der Waals surface area contributed by atoms with E-state index in [9.17, 15) is 32.7 Å². The summed E-state index contributed by atoms with van der Waals surface area (Å²) >= 11 is 6.45. The number of amides is 4. The molecule has 0 radical (unpaired) electrons. The third-order valence-corrected chi connectivity index (χ3v) is 12.6. The molecule has 2 heterocycles. The minimum Gasteiger partial charge on any atom is -0.465 e. The van der Waals surface area contributed by atoms with E-state index in [-0.39, 0.29) is 50.2 Å². The lowest BCUT2D eigenvalue weighted by molar-refractivity contribution is -0.141. The smallest absolute Gasteiger partial charge is 0.408 e. The van der Waals surface area contributed by atoms with E-state index >= 15 is 0 Å². The van der Waals surface area contributed by atoms with Crippen molar-refractivity contribution in [2.24, 2.45) is 23.5 Å². The van der Waals surface area contributed by atoms with Gasteiger partial charge in [0.05, 0.1) is 23.9 Å². The van der Waals surface area contributed by atoms with Crippen LogP contribution in [0.1, 0.15) is 75.0 Å². The maximum atomic E-state index is 14.1. The fourth-order valence-corrected chi connectivity index (χ4v) is 9.25. The molecular weight excluding hydrogens is 657 g/mol. The molecule has 3 aliphatic carbocycles. The maximum absolute atomic E-state index is 14.1. The van der Waals surface area contributed by atoms with Crippen LogP contribution in [0.25, 0.3) is 0 Å². The number of carbonyl (C=O) groups excluding carboxylic acids is 3. The molecule has 252 valence electrons. The molecule has 1 aromatic carbocycles.